The van der Waals surface area contributed by atoms with Crippen molar-refractivity contribution in [3.8, 4) is 5.82 Å². The maximum absolute atomic E-state index is 11.5. The summed E-state index contributed by atoms with van der Waals surface area (Å²) in [5, 5.41) is 1.26. The minimum Gasteiger partial charge on any atom is -0.466 e. The van der Waals surface area contributed by atoms with E-state index >= 15 is 0 Å². The zero-order chi connectivity index (χ0) is 16.9. The van der Waals surface area contributed by atoms with Gasteiger partial charge in [0.25, 0.3) is 0 Å². The molecule has 0 unspecified atom stereocenters. The van der Waals surface area contributed by atoms with Crippen LogP contribution in [0, 0.1) is 6.92 Å². The van der Waals surface area contributed by atoms with E-state index < -0.39 is 0 Å². The average molecular weight is 325 g/mol. The molecule has 0 fully saturated rings. The molecule has 5 nitrogen and oxygen atoms in total. The Labute approximate surface area is 141 Å². The van der Waals surface area contributed by atoms with Crippen LogP contribution in [0.4, 0.5) is 0 Å². The summed E-state index contributed by atoms with van der Waals surface area (Å²) in [7, 11) is 0. The number of hydrogen-bond donors (Lipinski definition) is 0. The molecule has 2 heterocycles. The Hall–Kier alpha value is -2.56. The summed E-state index contributed by atoms with van der Waals surface area (Å²) in [4.78, 5) is 15.7. The number of rotatable bonds is 7. The van der Waals surface area contributed by atoms with Gasteiger partial charge in [0.15, 0.2) is 0 Å². The normalized spacial score (nSPS) is 11.1. The third-order valence-electron chi connectivity index (χ3n) is 4.26. The molecule has 0 spiro atoms. The Bertz CT molecular complexity index is 819. The van der Waals surface area contributed by atoms with Gasteiger partial charge in [-0.3, -0.25) is 9.36 Å². The van der Waals surface area contributed by atoms with Crippen molar-refractivity contribution >= 4 is 16.9 Å². The largest absolute Gasteiger partial charge is 0.466 e. The number of ether oxygens (including phenoxy) is 1. The molecule has 0 atom stereocenters. The smallest absolute Gasteiger partial charge is 0.305 e. The third-order valence-corrected chi connectivity index (χ3v) is 4.26. The van der Waals surface area contributed by atoms with E-state index in [2.05, 4.69) is 45.3 Å². The number of carbonyl (C=O) groups excluding carboxylic acids is 1. The first-order valence-corrected chi connectivity index (χ1v) is 8.44. The minimum absolute atomic E-state index is 0.110. The quantitative estimate of drug-likeness (QED) is 0.489. The van der Waals surface area contributed by atoms with Crippen LogP contribution in [-0.4, -0.2) is 26.7 Å². The number of benzene rings is 1. The molecule has 0 bridgehead atoms. The van der Waals surface area contributed by atoms with E-state index in [9.17, 15) is 4.79 Å². The van der Waals surface area contributed by atoms with Gasteiger partial charge >= 0.3 is 5.97 Å². The molecular weight excluding hydrogens is 302 g/mol. The van der Waals surface area contributed by atoms with E-state index in [1.165, 1.54) is 16.5 Å². The Kier molecular flexibility index (Phi) is 4.99. The lowest BCUT2D eigenvalue weighted by molar-refractivity contribution is -0.143. The standard InChI is InChI=1S/C19H23N3O2/c1-3-24-18(23)10-6-7-12-22-17-9-5-4-8-16(17)15(2)19(22)21-13-11-20-14-21/h4-5,8-9,11,13-14H,3,6-7,10,12H2,1-2H3. The van der Waals surface area contributed by atoms with Gasteiger partial charge in [0.2, 0.25) is 0 Å². The predicted molar refractivity (Wildman–Crippen MR) is 94.3 cm³/mol. The van der Waals surface area contributed by atoms with E-state index in [-0.39, 0.29) is 5.97 Å². The Morgan fingerprint density at radius 3 is 2.83 bits per heavy atom. The molecule has 2 aromatic heterocycles. The van der Waals surface area contributed by atoms with Gasteiger partial charge in [-0.05, 0) is 38.3 Å². The molecule has 1 aromatic carbocycles. The van der Waals surface area contributed by atoms with Crippen molar-refractivity contribution in [2.75, 3.05) is 6.61 Å². The van der Waals surface area contributed by atoms with Gasteiger partial charge < -0.3 is 9.30 Å². The van der Waals surface area contributed by atoms with Crippen molar-refractivity contribution in [2.24, 2.45) is 0 Å². The summed E-state index contributed by atoms with van der Waals surface area (Å²) in [6.07, 6.45) is 7.83. The lowest BCUT2D eigenvalue weighted by atomic mass is 10.2. The molecule has 0 aliphatic heterocycles. The molecular formula is C19H23N3O2. The van der Waals surface area contributed by atoms with E-state index in [0.29, 0.717) is 13.0 Å². The van der Waals surface area contributed by atoms with Gasteiger partial charge in [0, 0.05) is 36.3 Å². The molecule has 24 heavy (non-hydrogen) atoms. The van der Waals surface area contributed by atoms with Gasteiger partial charge in [-0.2, -0.15) is 0 Å². The summed E-state index contributed by atoms with van der Waals surface area (Å²) in [5.74, 6) is 1.03. The summed E-state index contributed by atoms with van der Waals surface area (Å²) in [6, 6.07) is 8.43. The van der Waals surface area contributed by atoms with Crippen molar-refractivity contribution in [1.82, 2.24) is 14.1 Å². The average Bonchev–Trinajstić information content (AvgIpc) is 3.19. The molecule has 0 aliphatic carbocycles. The first kappa shape index (κ1) is 16.3. The molecule has 0 amide bonds. The van der Waals surface area contributed by atoms with Crippen molar-refractivity contribution in [1.29, 1.82) is 0 Å². The number of aryl methyl sites for hydroxylation is 2. The highest BCUT2D eigenvalue weighted by Crippen LogP contribution is 2.28. The number of para-hydroxylation sites is 1. The number of carbonyl (C=O) groups is 1. The van der Waals surface area contributed by atoms with E-state index in [0.717, 1.165) is 25.2 Å². The molecule has 0 aliphatic rings. The fourth-order valence-corrected chi connectivity index (χ4v) is 3.18. The van der Waals surface area contributed by atoms with Crippen molar-refractivity contribution in [3.63, 3.8) is 0 Å². The topological polar surface area (TPSA) is 49.0 Å². The monoisotopic (exact) mass is 325 g/mol. The van der Waals surface area contributed by atoms with Crippen LogP contribution in [0.3, 0.4) is 0 Å². The summed E-state index contributed by atoms with van der Waals surface area (Å²) < 4.78 is 9.37. The lowest BCUT2D eigenvalue weighted by Crippen LogP contribution is -2.08. The van der Waals surface area contributed by atoms with Crippen molar-refractivity contribution < 1.29 is 9.53 Å². The Balaban J connectivity index is 1.84. The Morgan fingerprint density at radius 2 is 2.08 bits per heavy atom. The molecule has 0 radical (unpaired) electrons. The molecule has 126 valence electrons. The second-order valence-corrected chi connectivity index (χ2v) is 5.85. The predicted octanol–water partition coefficient (Wildman–Crippen LogP) is 3.87. The minimum atomic E-state index is -0.110. The number of hydrogen-bond acceptors (Lipinski definition) is 3. The van der Waals surface area contributed by atoms with Crippen LogP contribution >= 0.6 is 0 Å². The number of fused-ring (bicyclic) bond motifs is 1. The van der Waals surface area contributed by atoms with Crippen LogP contribution in [0.1, 0.15) is 31.7 Å². The van der Waals surface area contributed by atoms with Crippen molar-refractivity contribution in [2.45, 2.75) is 39.7 Å². The first-order valence-electron chi connectivity index (χ1n) is 8.44. The van der Waals surface area contributed by atoms with Crippen molar-refractivity contribution in [3.05, 3.63) is 48.5 Å². The molecule has 5 heteroatoms. The zero-order valence-electron chi connectivity index (χ0n) is 14.2. The number of unbranched alkanes of at least 4 members (excludes halogenated alkanes) is 1. The fraction of sp³-hybridized carbons (Fsp3) is 0.368. The molecule has 0 saturated heterocycles. The van der Waals surface area contributed by atoms with Crippen LogP contribution in [0.5, 0.6) is 0 Å². The van der Waals surface area contributed by atoms with E-state index in [1.54, 1.807) is 6.20 Å². The SMILES string of the molecule is CCOC(=O)CCCCn1c(-n2ccnc2)c(C)c2ccccc21. The summed E-state index contributed by atoms with van der Waals surface area (Å²) >= 11 is 0. The van der Waals surface area contributed by atoms with E-state index in [1.807, 2.05) is 19.4 Å². The maximum atomic E-state index is 11.5. The third kappa shape index (κ3) is 3.20. The van der Waals surface area contributed by atoms with E-state index in [4.69, 9.17) is 4.74 Å². The lowest BCUT2D eigenvalue weighted by Gasteiger charge is -2.12. The van der Waals surface area contributed by atoms with Gasteiger partial charge in [0.1, 0.15) is 12.1 Å². The second kappa shape index (κ2) is 7.34. The van der Waals surface area contributed by atoms with Gasteiger partial charge in [-0.1, -0.05) is 18.2 Å². The Morgan fingerprint density at radius 1 is 1.25 bits per heavy atom. The van der Waals surface area contributed by atoms with Crippen LogP contribution < -0.4 is 0 Å². The first-order chi connectivity index (χ1) is 11.7. The summed E-state index contributed by atoms with van der Waals surface area (Å²) in [6.45, 7) is 5.29. The van der Waals surface area contributed by atoms with Crippen LogP contribution in [0.25, 0.3) is 16.7 Å². The number of esters is 1. The zero-order valence-corrected chi connectivity index (χ0v) is 14.2. The number of aromatic nitrogens is 3. The molecule has 3 rings (SSSR count). The van der Waals surface area contributed by atoms with Gasteiger partial charge in [-0.15, -0.1) is 0 Å². The number of imidazole rings is 1. The van der Waals surface area contributed by atoms with Crippen LogP contribution in [0.2, 0.25) is 0 Å². The van der Waals surface area contributed by atoms with Crippen LogP contribution in [-0.2, 0) is 16.1 Å². The van der Waals surface area contributed by atoms with Crippen LogP contribution in [0.15, 0.2) is 43.0 Å². The summed E-state index contributed by atoms with van der Waals surface area (Å²) in [5.41, 5.74) is 2.46. The highest BCUT2D eigenvalue weighted by Gasteiger charge is 2.15. The van der Waals surface area contributed by atoms with Gasteiger partial charge in [-0.25, -0.2) is 4.98 Å². The highest BCUT2D eigenvalue weighted by molar-refractivity contribution is 5.87. The fourth-order valence-electron chi connectivity index (χ4n) is 3.18. The molecule has 0 N–H and O–H groups in total. The maximum Gasteiger partial charge on any atom is 0.305 e. The molecule has 0 saturated carbocycles. The number of nitrogens with zero attached hydrogens (tertiary/aromatic N) is 3. The second-order valence-electron chi connectivity index (χ2n) is 5.85. The molecule has 3 aromatic rings. The highest BCUT2D eigenvalue weighted by atomic mass is 16.5. The van der Waals surface area contributed by atoms with Gasteiger partial charge in [0.05, 0.1) is 6.61 Å².